The predicted octanol–water partition coefficient (Wildman–Crippen LogP) is 0.924. The highest BCUT2D eigenvalue weighted by atomic mass is 32.1. The summed E-state index contributed by atoms with van der Waals surface area (Å²) in [5.41, 5.74) is 0. The highest BCUT2D eigenvalue weighted by Crippen LogP contribution is 2.28. The molecule has 18 heavy (non-hydrogen) atoms. The molecule has 0 N–H and O–H groups in total. The van der Waals surface area contributed by atoms with E-state index in [0.717, 1.165) is 18.1 Å². The molecule has 0 atom stereocenters. The number of methoxy groups -OCH3 is 1. The van der Waals surface area contributed by atoms with Crippen LogP contribution >= 0.6 is 11.5 Å². The Morgan fingerprint density at radius 2 is 2.22 bits per heavy atom. The number of aromatic nitrogens is 5. The van der Waals surface area contributed by atoms with Gasteiger partial charge < -0.3 is 4.74 Å². The number of rotatable bonds is 2. The zero-order chi connectivity index (χ0) is 13.3. The van der Waals surface area contributed by atoms with Gasteiger partial charge in [0, 0.05) is 11.5 Å². The molecule has 0 aromatic carbocycles. The van der Waals surface area contributed by atoms with E-state index in [1.54, 1.807) is 0 Å². The molecule has 96 valence electrons. The fraction of sp³-hybridized carbons (Fsp3) is 0.286. The van der Waals surface area contributed by atoms with Crippen molar-refractivity contribution in [2.75, 3.05) is 7.11 Å². The number of halogens is 3. The predicted molar refractivity (Wildman–Crippen MR) is 51.2 cm³/mol. The van der Waals surface area contributed by atoms with Gasteiger partial charge in [0.2, 0.25) is 11.0 Å². The molecule has 2 aromatic heterocycles. The molecular weight excluding hydrogens is 275 g/mol. The Morgan fingerprint density at radius 1 is 1.50 bits per heavy atom. The lowest BCUT2D eigenvalue weighted by Crippen LogP contribution is -2.08. The van der Waals surface area contributed by atoms with Crippen molar-refractivity contribution in [2.24, 2.45) is 0 Å². The van der Waals surface area contributed by atoms with Gasteiger partial charge in [-0.1, -0.05) is 0 Å². The third kappa shape index (κ3) is 2.30. The van der Waals surface area contributed by atoms with Crippen LogP contribution in [0.1, 0.15) is 16.4 Å². The summed E-state index contributed by atoms with van der Waals surface area (Å²) in [4.78, 5) is 17.9. The number of esters is 1. The number of nitrogens with zero attached hydrogens (tertiary/aromatic N) is 5. The van der Waals surface area contributed by atoms with E-state index >= 15 is 0 Å². The summed E-state index contributed by atoms with van der Waals surface area (Å²) >= 11 is 0.489. The molecule has 0 radical (unpaired) electrons. The number of carbonyl (C=O) groups is 1. The van der Waals surface area contributed by atoms with Crippen molar-refractivity contribution < 1.29 is 22.7 Å². The maximum Gasteiger partial charge on any atom is 0.452 e. The lowest BCUT2D eigenvalue weighted by atomic mass is 10.6. The van der Waals surface area contributed by atoms with E-state index < -0.39 is 18.0 Å². The highest BCUT2D eigenvalue weighted by Gasteiger charge is 2.36. The first-order chi connectivity index (χ1) is 8.41. The molecule has 0 saturated heterocycles. The van der Waals surface area contributed by atoms with Crippen LogP contribution in [0.5, 0.6) is 0 Å². The van der Waals surface area contributed by atoms with Crippen molar-refractivity contribution in [2.45, 2.75) is 6.18 Å². The molecule has 0 spiro atoms. The van der Waals surface area contributed by atoms with Gasteiger partial charge in [-0.2, -0.15) is 27.2 Å². The summed E-state index contributed by atoms with van der Waals surface area (Å²) in [6, 6.07) is 0. The van der Waals surface area contributed by atoms with Crippen LogP contribution in [0.4, 0.5) is 13.2 Å². The van der Waals surface area contributed by atoms with Gasteiger partial charge in [-0.15, -0.1) is 5.10 Å². The summed E-state index contributed by atoms with van der Waals surface area (Å²) in [5, 5.41) is 3.47. The molecule has 7 nitrogen and oxygen atoms in total. The van der Waals surface area contributed by atoms with E-state index in [4.69, 9.17) is 0 Å². The number of hydrogen-bond acceptors (Lipinski definition) is 7. The van der Waals surface area contributed by atoms with Crippen LogP contribution in [0.25, 0.3) is 5.13 Å². The summed E-state index contributed by atoms with van der Waals surface area (Å²) in [5.74, 6) is -2.34. The first-order valence-electron chi connectivity index (χ1n) is 4.33. The van der Waals surface area contributed by atoms with Gasteiger partial charge in [0.25, 0.3) is 5.82 Å². The average Bonchev–Trinajstić information content (AvgIpc) is 2.94. The van der Waals surface area contributed by atoms with E-state index in [0.29, 0.717) is 11.5 Å². The zero-order valence-corrected chi connectivity index (χ0v) is 9.49. The van der Waals surface area contributed by atoms with Crippen LogP contribution < -0.4 is 0 Å². The van der Waals surface area contributed by atoms with Crippen molar-refractivity contribution in [3.8, 4) is 5.13 Å². The van der Waals surface area contributed by atoms with Gasteiger partial charge in [-0.05, 0) is 0 Å². The molecule has 2 rings (SSSR count). The van der Waals surface area contributed by atoms with Crippen LogP contribution in [0, 0.1) is 0 Å². The minimum Gasteiger partial charge on any atom is -0.463 e. The Morgan fingerprint density at radius 3 is 2.78 bits per heavy atom. The van der Waals surface area contributed by atoms with Crippen molar-refractivity contribution >= 4 is 17.5 Å². The first-order valence-corrected chi connectivity index (χ1v) is 5.10. The summed E-state index contributed by atoms with van der Waals surface area (Å²) < 4.78 is 45.2. The molecule has 0 saturated carbocycles. The fourth-order valence-electron chi connectivity index (χ4n) is 0.964. The molecule has 0 unspecified atom stereocenters. The van der Waals surface area contributed by atoms with Crippen LogP contribution in [-0.2, 0) is 10.9 Å². The van der Waals surface area contributed by atoms with Gasteiger partial charge >= 0.3 is 12.1 Å². The Labute approximate surface area is 101 Å². The van der Waals surface area contributed by atoms with E-state index in [2.05, 4.69) is 24.2 Å². The van der Waals surface area contributed by atoms with E-state index in [1.807, 2.05) is 0 Å². The number of alkyl halides is 3. The molecule has 2 aromatic rings. The number of hydrogen-bond donors (Lipinski definition) is 0. The minimum absolute atomic E-state index is 0.148. The van der Waals surface area contributed by atoms with Crippen LogP contribution in [-0.4, -0.2) is 37.2 Å². The molecule has 0 bridgehead atoms. The van der Waals surface area contributed by atoms with Gasteiger partial charge in [-0.25, -0.2) is 9.78 Å². The van der Waals surface area contributed by atoms with E-state index in [1.165, 1.54) is 0 Å². The summed E-state index contributed by atoms with van der Waals surface area (Å²) in [6.45, 7) is 0. The van der Waals surface area contributed by atoms with Crippen molar-refractivity contribution in [3.05, 3.63) is 18.0 Å². The van der Waals surface area contributed by atoms with Crippen LogP contribution in [0.3, 0.4) is 0 Å². The molecule has 0 aliphatic carbocycles. The minimum atomic E-state index is -4.62. The molecule has 0 aliphatic rings. The zero-order valence-electron chi connectivity index (χ0n) is 8.67. The normalized spacial score (nSPS) is 11.6. The molecule has 2 heterocycles. The number of ether oxygens (including phenoxy) is 1. The first kappa shape index (κ1) is 12.4. The maximum atomic E-state index is 12.3. The van der Waals surface area contributed by atoms with Crippen LogP contribution in [0.2, 0.25) is 0 Å². The largest absolute Gasteiger partial charge is 0.463 e. The quantitative estimate of drug-likeness (QED) is 0.760. The molecule has 0 aliphatic heterocycles. The van der Waals surface area contributed by atoms with Crippen molar-refractivity contribution in [1.82, 2.24) is 24.1 Å². The second kappa shape index (κ2) is 4.33. The SMILES string of the molecule is COC(=O)c1ncn(-c2nc(C(F)(F)F)ns2)n1. The topological polar surface area (TPSA) is 82.8 Å². The smallest absolute Gasteiger partial charge is 0.452 e. The van der Waals surface area contributed by atoms with Gasteiger partial charge in [0.1, 0.15) is 6.33 Å². The summed E-state index contributed by atoms with van der Waals surface area (Å²) in [7, 11) is 1.13. The molecular formula is C7H4F3N5O2S. The lowest BCUT2D eigenvalue weighted by Gasteiger charge is -1.97. The number of carbonyl (C=O) groups excluding carboxylic acids is 1. The fourth-order valence-corrected chi connectivity index (χ4v) is 1.58. The second-order valence-electron chi connectivity index (χ2n) is 2.90. The standard InChI is InChI=1S/C7H4F3N5O2S/c1-17-4(16)3-11-2-15(13-3)6-12-5(14-18-6)7(8,9)10/h2H,1H3. The highest BCUT2D eigenvalue weighted by molar-refractivity contribution is 7.08. The Hall–Kier alpha value is -2.04. The van der Waals surface area contributed by atoms with E-state index in [-0.39, 0.29) is 11.0 Å². The Balaban J connectivity index is 2.30. The second-order valence-corrected chi connectivity index (χ2v) is 3.63. The van der Waals surface area contributed by atoms with Crippen LogP contribution in [0.15, 0.2) is 6.33 Å². The van der Waals surface area contributed by atoms with Gasteiger partial charge in [-0.3, -0.25) is 0 Å². The van der Waals surface area contributed by atoms with E-state index in [9.17, 15) is 18.0 Å². The molecule has 0 amide bonds. The Kier molecular flexibility index (Phi) is 2.98. The van der Waals surface area contributed by atoms with Gasteiger partial charge in [0.15, 0.2) is 0 Å². The van der Waals surface area contributed by atoms with Crippen molar-refractivity contribution in [3.63, 3.8) is 0 Å². The lowest BCUT2D eigenvalue weighted by molar-refractivity contribution is -0.144. The third-order valence-electron chi connectivity index (χ3n) is 1.72. The summed E-state index contributed by atoms with van der Waals surface area (Å²) in [6.07, 6.45) is -3.58. The monoisotopic (exact) mass is 279 g/mol. The molecule has 0 fully saturated rings. The molecule has 11 heteroatoms. The third-order valence-corrected chi connectivity index (χ3v) is 2.43. The van der Waals surface area contributed by atoms with Crippen molar-refractivity contribution in [1.29, 1.82) is 0 Å². The van der Waals surface area contributed by atoms with Gasteiger partial charge in [0.05, 0.1) is 7.11 Å². The Bertz CT molecular complexity index is 578. The maximum absolute atomic E-state index is 12.3. The average molecular weight is 279 g/mol.